The zero-order valence-electron chi connectivity index (χ0n) is 12.3. The van der Waals surface area contributed by atoms with Gasteiger partial charge >= 0.3 is 0 Å². The Morgan fingerprint density at radius 2 is 1.74 bits per heavy atom. The van der Waals surface area contributed by atoms with E-state index in [2.05, 4.69) is 10.6 Å². The molecule has 0 saturated heterocycles. The summed E-state index contributed by atoms with van der Waals surface area (Å²) in [5.74, 6) is -0.447. The van der Waals surface area contributed by atoms with Crippen LogP contribution in [0.2, 0.25) is 0 Å². The van der Waals surface area contributed by atoms with Gasteiger partial charge in [-0.05, 0) is 29.8 Å². The first-order valence-corrected chi connectivity index (χ1v) is 6.92. The maximum absolute atomic E-state index is 12.0. The van der Waals surface area contributed by atoms with Crippen molar-refractivity contribution in [1.29, 1.82) is 10.5 Å². The molecule has 23 heavy (non-hydrogen) atoms. The maximum Gasteiger partial charge on any atom is 0.263 e. The molecule has 2 aromatic carbocycles. The van der Waals surface area contributed by atoms with E-state index in [0.29, 0.717) is 17.8 Å². The summed E-state index contributed by atoms with van der Waals surface area (Å²) in [6.45, 7) is 0.357. The van der Waals surface area contributed by atoms with E-state index in [-0.39, 0.29) is 5.57 Å². The Morgan fingerprint density at radius 1 is 1.04 bits per heavy atom. The highest BCUT2D eigenvalue weighted by molar-refractivity contribution is 5.97. The van der Waals surface area contributed by atoms with Crippen molar-refractivity contribution < 1.29 is 4.79 Å². The quantitative estimate of drug-likeness (QED) is 0.656. The first-order valence-electron chi connectivity index (χ1n) is 6.92. The van der Waals surface area contributed by atoms with Crippen molar-refractivity contribution in [2.24, 2.45) is 0 Å². The molecular weight excluding hydrogens is 288 g/mol. The molecule has 0 bridgehead atoms. The van der Waals surface area contributed by atoms with Gasteiger partial charge in [0, 0.05) is 18.4 Å². The van der Waals surface area contributed by atoms with E-state index in [9.17, 15) is 4.79 Å². The van der Waals surface area contributed by atoms with Gasteiger partial charge in [0.05, 0.1) is 11.6 Å². The van der Waals surface area contributed by atoms with Crippen LogP contribution in [0.25, 0.3) is 0 Å². The SMILES string of the molecule is N#C/C(=C/Nc1ccc(C#N)cc1)C(=O)NCc1ccccc1. The van der Waals surface area contributed by atoms with Crippen molar-refractivity contribution in [1.82, 2.24) is 5.32 Å². The fourth-order valence-corrected chi connectivity index (χ4v) is 1.82. The number of hydrogen-bond donors (Lipinski definition) is 2. The van der Waals surface area contributed by atoms with Gasteiger partial charge in [-0.15, -0.1) is 0 Å². The van der Waals surface area contributed by atoms with Gasteiger partial charge in [-0.2, -0.15) is 10.5 Å². The second kappa shape index (κ2) is 8.02. The summed E-state index contributed by atoms with van der Waals surface area (Å²) >= 11 is 0. The number of carbonyl (C=O) groups is 1. The molecule has 0 aromatic heterocycles. The van der Waals surface area contributed by atoms with E-state index >= 15 is 0 Å². The molecule has 0 aliphatic heterocycles. The van der Waals surface area contributed by atoms with E-state index in [4.69, 9.17) is 10.5 Å². The highest BCUT2D eigenvalue weighted by atomic mass is 16.1. The van der Waals surface area contributed by atoms with Crippen LogP contribution in [0, 0.1) is 22.7 Å². The van der Waals surface area contributed by atoms with Crippen LogP contribution in [-0.2, 0) is 11.3 Å². The zero-order valence-corrected chi connectivity index (χ0v) is 12.3. The molecular formula is C18H14N4O. The third kappa shape index (κ3) is 4.73. The van der Waals surface area contributed by atoms with Gasteiger partial charge in [0.2, 0.25) is 0 Å². The minimum atomic E-state index is -0.447. The molecule has 0 fully saturated rings. The smallest absolute Gasteiger partial charge is 0.263 e. The number of anilines is 1. The third-order valence-electron chi connectivity index (χ3n) is 3.06. The van der Waals surface area contributed by atoms with Gasteiger partial charge < -0.3 is 10.6 Å². The Kier molecular flexibility index (Phi) is 5.51. The lowest BCUT2D eigenvalue weighted by Gasteiger charge is -2.05. The fourth-order valence-electron chi connectivity index (χ4n) is 1.82. The Morgan fingerprint density at radius 3 is 2.35 bits per heavy atom. The van der Waals surface area contributed by atoms with Crippen molar-refractivity contribution in [2.45, 2.75) is 6.54 Å². The molecule has 0 spiro atoms. The molecule has 1 amide bonds. The number of nitrogens with one attached hydrogen (secondary N) is 2. The van der Waals surface area contributed by atoms with Crippen molar-refractivity contribution in [3.8, 4) is 12.1 Å². The molecule has 2 rings (SSSR count). The molecule has 112 valence electrons. The topological polar surface area (TPSA) is 88.7 Å². The maximum atomic E-state index is 12.0. The minimum absolute atomic E-state index is 0.0229. The van der Waals surface area contributed by atoms with Gasteiger partial charge in [0.15, 0.2) is 0 Å². The lowest BCUT2D eigenvalue weighted by Crippen LogP contribution is -2.24. The van der Waals surface area contributed by atoms with Crippen molar-refractivity contribution >= 4 is 11.6 Å². The van der Waals surface area contributed by atoms with Gasteiger partial charge in [-0.3, -0.25) is 4.79 Å². The Labute approximate surface area is 134 Å². The van der Waals surface area contributed by atoms with Crippen LogP contribution in [0.15, 0.2) is 66.4 Å². The van der Waals surface area contributed by atoms with Crippen molar-refractivity contribution in [3.63, 3.8) is 0 Å². The zero-order chi connectivity index (χ0) is 16.5. The largest absolute Gasteiger partial charge is 0.360 e. The number of nitrogens with zero attached hydrogens (tertiary/aromatic N) is 2. The molecule has 0 saturated carbocycles. The van der Waals surface area contributed by atoms with Crippen molar-refractivity contribution in [2.75, 3.05) is 5.32 Å². The van der Waals surface area contributed by atoms with Gasteiger partial charge in [-0.25, -0.2) is 0 Å². The molecule has 2 aromatic rings. The number of benzene rings is 2. The van der Waals surface area contributed by atoms with Gasteiger partial charge in [0.1, 0.15) is 11.6 Å². The van der Waals surface area contributed by atoms with Gasteiger partial charge in [-0.1, -0.05) is 30.3 Å². The Balaban J connectivity index is 1.96. The normalized spacial score (nSPS) is 10.3. The standard InChI is InChI=1S/C18H14N4O/c19-10-14-6-8-17(9-7-14)21-13-16(11-20)18(23)22-12-15-4-2-1-3-5-15/h1-9,13,21H,12H2,(H,22,23)/b16-13-. The summed E-state index contributed by atoms with van der Waals surface area (Å²) in [5, 5.41) is 23.4. The summed E-state index contributed by atoms with van der Waals surface area (Å²) in [5.41, 5.74) is 2.16. The van der Waals surface area contributed by atoms with Crippen molar-refractivity contribution in [3.05, 3.63) is 77.5 Å². The number of amides is 1. The van der Waals surface area contributed by atoms with Crippen LogP contribution in [0.3, 0.4) is 0 Å². The molecule has 0 radical (unpaired) electrons. The second-order valence-corrected chi connectivity index (χ2v) is 4.67. The summed E-state index contributed by atoms with van der Waals surface area (Å²) in [6, 6.07) is 20.0. The molecule has 0 aliphatic rings. The second-order valence-electron chi connectivity index (χ2n) is 4.67. The molecule has 0 unspecified atom stereocenters. The molecule has 0 atom stereocenters. The molecule has 5 heteroatoms. The van der Waals surface area contributed by atoms with Crippen LogP contribution in [0.1, 0.15) is 11.1 Å². The van der Waals surface area contributed by atoms with E-state index < -0.39 is 5.91 Å². The molecule has 2 N–H and O–H groups in total. The van der Waals surface area contributed by atoms with Crippen LogP contribution in [-0.4, -0.2) is 5.91 Å². The Hall–Kier alpha value is -3.57. The van der Waals surface area contributed by atoms with Gasteiger partial charge in [0.25, 0.3) is 5.91 Å². The number of hydrogen-bond acceptors (Lipinski definition) is 4. The number of carbonyl (C=O) groups excluding carboxylic acids is 1. The first-order chi connectivity index (χ1) is 11.2. The van der Waals surface area contributed by atoms with Crippen LogP contribution >= 0.6 is 0 Å². The van der Waals surface area contributed by atoms with E-state index in [1.807, 2.05) is 42.5 Å². The average molecular weight is 302 g/mol. The fraction of sp³-hybridized carbons (Fsp3) is 0.0556. The molecule has 0 aliphatic carbocycles. The Bertz CT molecular complexity index is 781. The highest BCUT2D eigenvalue weighted by Gasteiger charge is 2.08. The van der Waals surface area contributed by atoms with E-state index in [1.165, 1.54) is 6.20 Å². The third-order valence-corrected chi connectivity index (χ3v) is 3.06. The summed E-state index contributed by atoms with van der Waals surface area (Å²) in [7, 11) is 0. The molecule has 0 heterocycles. The predicted octanol–water partition coefficient (Wildman–Crippen LogP) is 2.69. The highest BCUT2D eigenvalue weighted by Crippen LogP contribution is 2.09. The van der Waals surface area contributed by atoms with Crippen LogP contribution in [0.4, 0.5) is 5.69 Å². The summed E-state index contributed by atoms with van der Waals surface area (Å²) in [6.07, 6.45) is 1.35. The predicted molar refractivity (Wildman–Crippen MR) is 86.8 cm³/mol. The summed E-state index contributed by atoms with van der Waals surface area (Å²) in [4.78, 5) is 12.0. The lowest BCUT2D eigenvalue weighted by atomic mass is 10.2. The van der Waals surface area contributed by atoms with E-state index in [1.54, 1.807) is 24.3 Å². The first kappa shape index (κ1) is 15.8. The van der Waals surface area contributed by atoms with Crippen LogP contribution < -0.4 is 10.6 Å². The average Bonchev–Trinajstić information content (AvgIpc) is 2.62. The lowest BCUT2D eigenvalue weighted by molar-refractivity contribution is -0.117. The molecule has 5 nitrogen and oxygen atoms in total. The minimum Gasteiger partial charge on any atom is -0.360 e. The monoisotopic (exact) mass is 302 g/mol. The number of nitriles is 2. The van der Waals surface area contributed by atoms with E-state index in [0.717, 1.165) is 5.56 Å². The van der Waals surface area contributed by atoms with Crippen LogP contribution in [0.5, 0.6) is 0 Å². The summed E-state index contributed by atoms with van der Waals surface area (Å²) < 4.78 is 0. The number of rotatable bonds is 5.